The minimum Gasteiger partial charge on any atom is -0.481 e. The number of thiophene rings is 1. The average molecular weight is 310 g/mol. The second-order valence-corrected chi connectivity index (χ2v) is 6.22. The Kier molecular flexibility index (Phi) is 4.62. The van der Waals surface area contributed by atoms with Gasteiger partial charge >= 0.3 is 5.97 Å². The van der Waals surface area contributed by atoms with Crippen molar-refractivity contribution in [3.05, 3.63) is 16.0 Å². The number of carboxylic acid groups (broad SMARTS) is 1. The van der Waals surface area contributed by atoms with Gasteiger partial charge in [0.2, 0.25) is 5.91 Å². The number of amides is 2. The molecule has 0 saturated carbocycles. The van der Waals surface area contributed by atoms with E-state index in [9.17, 15) is 14.4 Å². The molecule has 0 spiro atoms. The predicted molar refractivity (Wildman–Crippen MR) is 79.9 cm³/mol. The van der Waals surface area contributed by atoms with Crippen LogP contribution in [-0.4, -0.2) is 41.4 Å². The third kappa shape index (κ3) is 3.41. The first-order valence-corrected chi connectivity index (χ1v) is 7.61. The summed E-state index contributed by atoms with van der Waals surface area (Å²) < 4.78 is 0. The van der Waals surface area contributed by atoms with Crippen LogP contribution in [0.3, 0.4) is 0 Å². The number of rotatable bonds is 5. The number of carbonyl (C=O) groups is 3. The number of fused-ring (bicyclic) bond motifs is 1. The van der Waals surface area contributed by atoms with E-state index in [0.717, 1.165) is 29.7 Å². The van der Waals surface area contributed by atoms with Crippen LogP contribution < -0.4 is 5.32 Å². The molecule has 1 aliphatic rings. The van der Waals surface area contributed by atoms with Crippen LogP contribution in [0.1, 0.15) is 40.6 Å². The van der Waals surface area contributed by atoms with Gasteiger partial charge in [-0.3, -0.25) is 14.4 Å². The first-order chi connectivity index (χ1) is 9.90. The standard InChI is InChI=1S/C14H18N2O4S/c1-8(17)15-13-12(9-4-3-5-10(9)21-13)14(20)16(2)7-6-11(18)19/h3-7H2,1-2H3,(H,15,17)(H,18,19). The summed E-state index contributed by atoms with van der Waals surface area (Å²) in [6, 6.07) is 0. The predicted octanol–water partition coefficient (Wildman–Crippen LogP) is 1.74. The molecule has 7 heteroatoms. The van der Waals surface area contributed by atoms with Crippen LogP contribution in [0.15, 0.2) is 0 Å². The van der Waals surface area contributed by atoms with Crippen molar-refractivity contribution in [1.82, 2.24) is 4.90 Å². The van der Waals surface area contributed by atoms with Gasteiger partial charge in [-0.25, -0.2) is 0 Å². The van der Waals surface area contributed by atoms with Crippen molar-refractivity contribution in [1.29, 1.82) is 0 Å². The molecule has 2 N–H and O–H groups in total. The smallest absolute Gasteiger partial charge is 0.305 e. The topological polar surface area (TPSA) is 86.7 Å². The van der Waals surface area contributed by atoms with Gasteiger partial charge in [-0.05, 0) is 24.8 Å². The van der Waals surface area contributed by atoms with Crippen molar-refractivity contribution in [2.75, 3.05) is 18.9 Å². The maximum absolute atomic E-state index is 12.6. The zero-order valence-corrected chi connectivity index (χ0v) is 12.9. The molecule has 2 rings (SSSR count). The highest BCUT2D eigenvalue weighted by atomic mass is 32.1. The first-order valence-electron chi connectivity index (χ1n) is 6.79. The van der Waals surface area contributed by atoms with Crippen molar-refractivity contribution >= 4 is 34.1 Å². The Hall–Kier alpha value is -1.89. The van der Waals surface area contributed by atoms with Crippen molar-refractivity contribution in [3.8, 4) is 0 Å². The van der Waals surface area contributed by atoms with Crippen LogP contribution in [0, 0.1) is 0 Å². The van der Waals surface area contributed by atoms with Crippen LogP contribution >= 0.6 is 11.3 Å². The number of nitrogens with zero attached hydrogens (tertiary/aromatic N) is 1. The SMILES string of the molecule is CC(=O)Nc1sc2c(c1C(=O)N(C)CCC(=O)O)CCC2. The number of hydrogen-bond donors (Lipinski definition) is 2. The second-order valence-electron chi connectivity index (χ2n) is 5.11. The van der Waals surface area contributed by atoms with Gasteiger partial charge < -0.3 is 15.3 Å². The lowest BCUT2D eigenvalue weighted by atomic mass is 10.1. The van der Waals surface area contributed by atoms with Gasteiger partial charge in [-0.1, -0.05) is 0 Å². The molecule has 0 fully saturated rings. The molecule has 0 atom stereocenters. The van der Waals surface area contributed by atoms with Gasteiger partial charge in [0.05, 0.1) is 12.0 Å². The van der Waals surface area contributed by atoms with E-state index in [4.69, 9.17) is 5.11 Å². The zero-order valence-electron chi connectivity index (χ0n) is 12.1. The van der Waals surface area contributed by atoms with Crippen molar-refractivity contribution in [2.24, 2.45) is 0 Å². The molecule has 114 valence electrons. The molecule has 21 heavy (non-hydrogen) atoms. The summed E-state index contributed by atoms with van der Waals surface area (Å²) in [6.07, 6.45) is 2.68. The summed E-state index contributed by atoms with van der Waals surface area (Å²) in [4.78, 5) is 37.0. The Morgan fingerprint density at radius 2 is 2.05 bits per heavy atom. The highest BCUT2D eigenvalue weighted by Crippen LogP contribution is 2.39. The van der Waals surface area contributed by atoms with Crippen LogP contribution in [0.2, 0.25) is 0 Å². The lowest BCUT2D eigenvalue weighted by Crippen LogP contribution is -2.30. The van der Waals surface area contributed by atoms with Crippen LogP contribution in [0.4, 0.5) is 5.00 Å². The van der Waals surface area contributed by atoms with E-state index in [2.05, 4.69) is 5.32 Å². The normalized spacial score (nSPS) is 12.9. The summed E-state index contributed by atoms with van der Waals surface area (Å²) in [5.41, 5.74) is 1.55. The second kappa shape index (κ2) is 6.26. The number of nitrogens with one attached hydrogen (secondary N) is 1. The fourth-order valence-electron chi connectivity index (χ4n) is 2.43. The summed E-state index contributed by atoms with van der Waals surface area (Å²) in [5, 5.41) is 12.0. The molecular formula is C14H18N2O4S. The van der Waals surface area contributed by atoms with E-state index in [-0.39, 0.29) is 24.8 Å². The van der Waals surface area contributed by atoms with Gasteiger partial charge in [0, 0.05) is 25.4 Å². The van der Waals surface area contributed by atoms with E-state index >= 15 is 0 Å². The van der Waals surface area contributed by atoms with Gasteiger partial charge in [0.15, 0.2) is 0 Å². The largest absolute Gasteiger partial charge is 0.481 e. The van der Waals surface area contributed by atoms with Crippen molar-refractivity contribution in [2.45, 2.75) is 32.6 Å². The van der Waals surface area contributed by atoms with Gasteiger partial charge in [-0.2, -0.15) is 0 Å². The molecule has 0 aromatic carbocycles. The summed E-state index contributed by atoms with van der Waals surface area (Å²) >= 11 is 1.45. The van der Waals surface area contributed by atoms with Gasteiger partial charge in [0.1, 0.15) is 5.00 Å². The Labute approximate surface area is 126 Å². The van der Waals surface area contributed by atoms with Gasteiger partial charge in [-0.15, -0.1) is 11.3 Å². The number of aryl methyl sites for hydroxylation is 1. The number of carbonyl (C=O) groups excluding carboxylic acids is 2. The lowest BCUT2D eigenvalue weighted by molar-refractivity contribution is -0.137. The molecule has 0 unspecified atom stereocenters. The number of anilines is 1. The molecule has 2 amide bonds. The van der Waals surface area contributed by atoms with Crippen LogP contribution in [-0.2, 0) is 22.4 Å². The third-order valence-corrected chi connectivity index (χ3v) is 4.64. The maximum Gasteiger partial charge on any atom is 0.305 e. The van der Waals surface area contributed by atoms with E-state index < -0.39 is 5.97 Å². The van der Waals surface area contributed by atoms with Gasteiger partial charge in [0.25, 0.3) is 5.91 Å². The summed E-state index contributed by atoms with van der Waals surface area (Å²) in [7, 11) is 1.59. The number of aliphatic carboxylic acids is 1. The van der Waals surface area contributed by atoms with E-state index in [1.54, 1.807) is 7.05 Å². The van der Waals surface area contributed by atoms with E-state index in [0.29, 0.717) is 10.6 Å². The van der Waals surface area contributed by atoms with Crippen molar-refractivity contribution < 1.29 is 19.5 Å². The van der Waals surface area contributed by atoms with E-state index in [1.807, 2.05) is 0 Å². The summed E-state index contributed by atoms with van der Waals surface area (Å²) in [6.45, 7) is 1.56. The van der Waals surface area contributed by atoms with Crippen LogP contribution in [0.5, 0.6) is 0 Å². The highest BCUT2D eigenvalue weighted by Gasteiger charge is 2.28. The minimum atomic E-state index is -0.938. The number of hydrogen-bond acceptors (Lipinski definition) is 4. The Bertz CT molecular complexity index is 594. The van der Waals surface area contributed by atoms with Crippen LogP contribution in [0.25, 0.3) is 0 Å². The fraction of sp³-hybridized carbons (Fsp3) is 0.500. The van der Waals surface area contributed by atoms with Crippen molar-refractivity contribution in [3.63, 3.8) is 0 Å². The Morgan fingerprint density at radius 1 is 1.33 bits per heavy atom. The maximum atomic E-state index is 12.6. The Morgan fingerprint density at radius 3 is 2.67 bits per heavy atom. The zero-order chi connectivity index (χ0) is 15.6. The fourth-order valence-corrected chi connectivity index (χ4v) is 3.76. The summed E-state index contributed by atoms with van der Waals surface area (Å²) in [5.74, 6) is -1.37. The molecule has 6 nitrogen and oxygen atoms in total. The molecule has 0 radical (unpaired) electrons. The highest BCUT2D eigenvalue weighted by molar-refractivity contribution is 7.17. The molecular weight excluding hydrogens is 292 g/mol. The molecule has 1 heterocycles. The number of carboxylic acids is 1. The molecule has 0 bridgehead atoms. The minimum absolute atomic E-state index is 0.0932. The first kappa shape index (κ1) is 15.5. The average Bonchev–Trinajstić information content (AvgIpc) is 2.94. The quantitative estimate of drug-likeness (QED) is 0.867. The molecule has 1 aromatic rings. The molecule has 1 aromatic heterocycles. The third-order valence-electron chi connectivity index (χ3n) is 3.43. The lowest BCUT2D eigenvalue weighted by Gasteiger charge is -2.17. The molecule has 0 aliphatic heterocycles. The monoisotopic (exact) mass is 310 g/mol. The van der Waals surface area contributed by atoms with E-state index in [1.165, 1.54) is 23.2 Å². The molecule has 0 saturated heterocycles. The molecule has 1 aliphatic carbocycles. The Balaban J connectivity index is 2.26.